The van der Waals surface area contributed by atoms with Crippen LogP contribution in [0.2, 0.25) is 0 Å². The molecule has 338 valence electrons. The second-order valence-corrected chi connectivity index (χ2v) is 15.9. The average molecular weight is 921 g/mol. The van der Waals surface area contributed by atoms with E-state index >= 15 is 9.59 Å². The van der Waals surface area contributed by atoms with E-state index in [-0.39, 0.29) is 56.8 Å². The molecule has 4 aromatic carbocycles. The minimum Gasteiger partial charge on any atom is -0.493 e. The average Bonchev–Trinajstić information content (AvgIpc) is 4.07. The van der Waals surface area contributed by atoms with Crippen LogP contribution in [0, 0.1) is 0 Å². The van der Waals surface area contributed by atoms with Gasteiger partial charge in [0.25, 0.3) is 0 Å². The van der Waals surface area contributed by atoms with Crippen LogP contribution in [0.15, 0.2) is 90.3 Å². The number of hydrogen-bond acceptors (Lipinski definition) is 15. The molecule has 2 aromatic heterocycles. The van der Waals surface area contributed by atoms with Gasteiger partial charge in [-0.1, -0.05) is 6.07 Å². The van der Waals surface area contributed by atoms with E-state index in [4.69, 9.17) is 47.4 Å². The Balaban J connectivity index is 1.74. The molecule has 13 nitrogen and oxygen atoms in total. The number of allylic oxidation sites excluding steroid dienone is 4. The van der Waals surface area contributed by atoms with Gasteiger partial charge in [-0.2, -0.15) is 0 Å². The summed E-state index contributed by atoms with van der Waals surface area (Å²) >= 11 is 2.75. The lowest BCUT2D eigenvalue weighted by Crippen LogP contribution is -2.09. The summed E-state index contributed by atoms with van der Waals surface area (Å²) < 4.78 is 57.4. The highest BCUT2D eigenvalue weighted by Gasteiger charge is 2.28. The molecule has 0 aliphatic carbocycles. The zero-order valence-corrected chi connectivity index (χ0v) is 39.4. The molecule has 0 N–H and O–H groups in total. The summed E-state index contributed by atoms with van der Waals surface area (Å²) in [7, 11) is 14.8. The van der Waals surface area contributed by atoms with Gasteiger partial charge in [0.2, 0.25) is 11.5 Å². The fourth-order valence-corrected chi connectivity index (χ4v) is 8.93. The third-order valence-corrected chi connectivity index (χ3v) is 12.5. The Hall–Kier alpha value is -7.23. The zero-order valence-electron chi connectivity index (χ0n) is 37.8. The van der Waals surface area contributed by atoms with Crippen LogP contribution in [0.25, 0.3) is 32.0 Å². The van der Waals surface area contributed by atoms with E-state index in [2.05, 4.69) is 0 Å². The molecule has 0 amide bonds. The molecule has 0 aliphatic rings. The fourth-order valence-electron chi connectivity index (χ4n) is 7.28. The Labute approximate surface area is 385 Å². The number of benzene rings is 4. The van der Waals surface area contributed by atoms with E-state index in [1.54, 1.807) is 67.8 Å². The van der Waals surface area contributed by atoms with Crippen molar-refractivity contribution in [1.29, 1.82) is 0 Å². The first-order valence-corrected chi connectivity index (χ1v) is 21.4. The number of thiophene rings is 2. The molecule has 65 heavy (non-hydrogen) atoms. The van der Waals surface area contributed by atoms with Crippen molar-refractivity contribution in [2.75, 3.05) is 71.1 Å². The van der Waals surface area contributed by atoms with Crippen LogP contribution in [0.3, 0.4) is 0 Å². The molecule has 6 rings (SSSR count). The summed E-state index contributed by atoms with van der Waals surface area (Å²) in [6.07, 6.45) is 3.13. The standard InChI is InChI=1S/C50H48O13S2/c1-27(51)41-18-19-43(65-41)35-22-28(23-38(56-4)47(35)60-8)31(44(52)30-25-39(57-5)49(62-10)40(26-30)58-6)14-15-32(45(53)33-16-17-36(54-2)50(63-11)48(33)61-9)29-21-34(42-13-12-20-64-42)46(59-7)37(24-29)55-3/h12-26H,1-11H3. The Morgan fingerprint density at radius 3 is 1.37 bits per heavy atom. The van der Waals surface area contributed by atoms with E-state index in [1.807, 2.05) is 29.6 Å². The van der Waals surface area contributed by atoms with Crippen LogP contribution in [-0.4, -0.2) is 88.4 Å². The van der Waals surface area contributed by atoms with Gasteiger partial charge >= 0.3 is 0 Å². The predicted octanol–water partition coefficient (Wildman–Crippen LogP) is 10.7. The molecule has 0 spiro atoms. The third kappa shape index (κ3) is 9.38. The van der Waals surface area contributed by atoms with Crippen molar-refractivity contribution >= 4 is 51.2 Å². The maximum atomic E-state index is 15.3. The monoisotopic (exact) mass is 920 g/mol. The highest BCUT2D eigenvalue weighted by atomic mass is 32.1. The molecule has 0 atom stereocenters. The maximum absolute atomic E-state index is 15.3. The first-order chi connectivity index (χ1) is 31.4. The zero-order chi connectivity index (χ0) is 46.9. The minimum atomic E-state index is -0.494. The van der Waals surface area contributed by atoms with Crippen LogP contribution in [0.5, 0.6) is 57.5 Å². The van der Waals surface area contributed by atoms with Gasteiger partial charge in [0.15, 0.2) is 63.3 Å². The Kier molecular flexibility index (Phi) is 15.2. The number of Topliss-reactive ketones (excluding diaryl/α,β-unsaturated/α-hetero) is 3. The molecule has 0 aliphatic heterocycles. The number of carbonyl (C=O) groups is 3. The fraction of sp³-hybridized carbons (Fsp3) is 0.220. The highest BCUT2D eigenvalue weighted by Crippen LogP contribution is 2.47. The number of methoxy groups -OCH3 is 10. The van der Waals surface area contributed by atoms with E-state index in [0.29, 0.717) is 60.8 Å². The van der Waals surface area contributed by atoms with E-state index in [0.717, 1.165) is 4.88 Å². The maximum Gasteiger partial charge on any atom is 0.204 e. The lowest BCUT2D eigenvalue weighted by Gasteiger charge is -2.19. The van der Waals surface area contributed by atoms with Gasteiger partial charge < -0.3 is 47.4 Å². The van der Waals surface area contributed by atoms with Gasteiger partial charge in [-0.15, -0.1) is 22.7 Å². The second kappa shape index (κ2) is 21.0. The molecule has 0 unspecified atom stereocenters. The van der Waals surface area contributed by atoms with E-state index < -0.39 is 11.6 Å². The number of rotatable bonds is 20. The van der Waals surface area contributed by atoms with Crippen molar-refractivity contribution in [1.82, 2.24) is 0 Å². The summed E-state index contributed by atoms with van der Waals surface area (Å²) in [5, 5.41) is 1.93. The summed E-state index contributed by atoms with van der Waals surface area (Å²) in [4.78, 5) is 45.1. The van der Waals surface area contributed by atoms with Crippen molar-refractivity contribution in [2.24, 2.45) is 0 Å². The summed E-state index contributed by atoms with van der Waals surface area (Å²) in [5.74, 6) is 1.88. The highest BCUT2D eigenvalue weighted by molar-refractivity contribution is 7.17. The van der Waals surface area contributed by atoms with Crippen molar-refractivity contribution < 1.29 is 61.8 Å². The SMILES string of the molecule is COc1cc(C(=O)C(=CC=C(C(=O)c2ccc(OC)c(OC)c2OC)c2cc(OC)c(OC)c(-c3cccs3)c2)c2cc(OC)c(OC)c(-c3ccc(C(C)=O)s3)c2)cc(OC)c1OC. The molecule has 15 heteroatoms. The van der Waals surface area contributed by atoms with Crippen LogP contribution >= 0.6 is 22.7 Å². The summed E-state index contributed by atoms with van der Waals surface area (Å²) in [6.45, 7) is 1.49. The minimum absolute atomic E-state index is 0.104. The van der Waals surface area contributed by atoms with Crippen LogP contribution < -0.4 is 47.4 Å². The normalized spacial score (nSPS) is 11.4. The van der Waals surface area contributed by atoms with Crippen molar-refractivity contribution in [3.05, 3.63) is 117 Å². The van der Waals surface area contributed by atoms with Gasteiger partial charge in [0.05, 0.1) is 81.5 Å². The smallest absolute Gasteiger partial charge is 0.204 e. The van der Waals surface area contributed by atoms with Gasteiger partial charge in [0, 0.05) is 37.6 Å². The Morgan fingerprint density at radius 2 is 0.923 bits per heavy atom. The van der Waals surface area contributed by atoms with Gasteiger partial charge in [-0.3, -0.25) is 14.4 Å². The summed E-state index contributed by atoms with van der Waals surface area (Å²) in [5.41, 5.74) is 2.59. The Morgan fingerprint density at radius 1 is 0.446 bits per heavy atom. The molecular formula is C50H48O13S2. The molecule has 0 saturated heterocycles. The lowest BCUT2D eigenvalue weighted by molar-refractivity contribution is 0.101. The lowest BCUT2D eigenvalue weighted by atomic mass is 9.90. The largest absolute Gasteiger partial charge is 0.493 e. The molecule has 0 saturated carbocycles. The second-order valence-electron chi connectivity index (χ2n) is 13.8. The first kappa shape index (κ1) is 47.3. The molecule has 0 radical (unpaired) electrons. The molecule has 0 bridgehead atoms. The van der Waals surface area contributed by atoms with Crippen molar-refractivity contribution in [3.8, 4) is 78.4 Å². The van der Waals surface area contributed by atoms with Gasteiger partial charge in [0.1, 0.15) is 0 Å². The number of ketones is 3. The Bertz CT molecular complexity index is 2770. The van der Waals surface area contributed by atoms with E-state index in [1.165, 1.54) is 93.6 Å². The third-order valence-electron chi connectivity index (χ3n) is 10.4. The molecule has 6 aromatic rings. The molecule has 2 heterocycles. The predicted molar refractivity (Wildman–Crippen MR) is 253 cm³/mol. The van der Waals surface area contributed by atoms with Crippen LogP contribution in [0.4, 0.5) is 0 Å². The number of hydrogen-bond donors (Lipinski definition) is 0. The first-order valence-electron chi connectivity index (χ1n) is 19.7. The van der Waals surface area contributed by atoms with Gasteiger partial charge in [-0.25, -0.2) is 0 Å². The molecule has 0 fully saturated rings. The van der Waals surface area contributed by atoms with Crippen molar-refractivity contribution in [2.45, 2.75) is 6.92 Å². The van der Waals surface area contributed by atoms with Crippen LogP contribution in [0.1, 0.15) is 48.4 Å². The van der Waals surface area contributed by atoms with E-state index in [9.17, 15) is 4.79 Å². The molecular weight excluding hydrogens is 873 g/mol. The number of carbonyl (C=O) groups excluding carboxylic acids is 3. The topological polar surface area (TPSA) is 144 Å². The summed E-state index contributed by atoms with van der Waals surface area (Å²) in [6, 6.07) is 20.6. The van der Waals surface area contributed by atoms with Crippen LogP contribution in [-0.2, 0) is 0 Å². The van der Waals surface area contributed by atoms with Crippen molar-refractivity contribution in [3.63, 3.8) is 0 Å². The number of ether oxygens (including phenoxy) is 10. The quantitative estimate of drug-likeness (QED) is 0.0407. The van der Waals surface area contributed by atoms with Gasteiger partial charge in [-0.05, 0) is 102 Å².